The summed E-state index contributed by atoms with van der Waals surface area (Å²) in [6, 6.07) is 7.24. The number of ether oxygens (including phenoxy) is 2. The second-order valence-electron chi connectivity index (χ2n) is 5.72. The summed E-state index contributed by atoms with van der Waals surface area (Å²) in [4.78, 5) is 25.9. The molecule has 1 aromatic carbocycles. The molecule has 0 atom stereocenters. The van der Waals surface area contributed by atoms with Crippen molar-refractivity contribution in [3.05, 3.63) is 28.7 Å². The summed E-state index contributed by atoms with van der Waals surface area (Å²) in [5.41, 5.74) is 0.677. The van der Waals surface area contributed by atoms with Crippen molar-refractivity contribution in [2.24, 2.45) is 0 Å². The molecular weight excluding hydrogens is 364 g/mol. The molecule has 2 aliphatic heterocycles. The zero-order valence-corrected chi connectivity index (χ0v) is 14.3. The molecule has 0 unspecified atom stereocenters. The minimum absolute atomic E-state index is 0.148. The van der Waals surface area contributed by atoms with Crippen molar-refractivity contribution in [3.8, 4) is 0 Å². The van der Waals surface area contributed by atoms with Crippen LogP contribution in [-0.2, 0) is 19.1 Å². The summed E-state index contributed by atoms with van der Waals surface area (Å²) in [5, 5.41) is 2.73. The molecule has 2 fully saturated rings. The number of carbonyl (C=O) groups is 2. The maximum Gasteiger partial charge on any atom is 0.233 e. The largest absolute Gasteiger partial charge is 0.347 e. The Morgan fingerprint density at radius 3 is 2.35 bits per heavy atom. The first kappa shape index (κ1) is 16.4. The zero-order valence-electron chi connectivity index (χ0n) is 12.7. The van der Waals surface area contributed by atoms with Crippen LogP contribution in [0.4, 0.5) is 5.69 Å². The van der Waals surface area contributed by atoms with E-state index in [9.17, 15) is 9.59 Å². The molecule has 2 aliphatic rings. The quantitative estimate of drug-likeness (QED) is 0.813. The van der Waals surface area contributed by atoms with Gasteiger partial charge < -0.3 is 19.7 Å². The van der Waals surface area contributed by atoms with Gasteiger partial charge in [-0.3, -0.25) is 9.59 Å². The van der Waals surface area contributed by atoms with E-state index in [4.69, 9.17) is 9.47 Å². The van der Waals surface area contributed by atoms with Gasteiger partial charge in [0.2, 0.25) is 11.8 Å². The maximum atomic E-state index is 12.2. The van der Waals surface area contributed by atoms with Crippen LogP contribution in [0.25, 0.3) is 0 Å². The minimum Gasteiger partial charge on any atom is -0.347 e. The highest BCUT2D eigenvalue weighted by atomic mass is 79.9. The summed E-state index contributed by atoms with van der Waals surface area (Å²) in [5.74, 6) is -0.963. The van der Waals surface area contributed by atoms with E-state index in [-0.39, 0.29) is 18.2 Å². The highest BCUT2D eigenvalue weighted by Crippen LogP contribution is 2.31. The van der Waals surface area contributed by atoms with Gasteiger partial charge in [0, 0.05) is 36.1 Å². The van der Waals surface area contributed by atoms with Gasteiger partial charge in [-0.15, -0.1) is 0 Å². The number of halogens is 1. The third-order valence-corrected chi connectivity index (χ3v) is 4.66. The number of benzene rings is 1. The number of amides is 2. The van der Waals surface area contributed by atoms with Crippen molar-refractivity contribution in [2.75, 3.05) is 31.6 Å². The van der Waals surface area contributed by atoms with E-state index < -0.39 is 5.79 Å². The Morgan fingerprint density at radius 1 is 1.13 bits per heavy atom. The molecule has 1 N–H and O–H groups in total. The molecule has 23 heavy (non-hydrogen) atoms. The summed E-state index contributed by atoms with van der Waals surface area (Å²) in [6.45, 7) is 2.35. The molecule has 3 rings (SSSR count). The molecule has 1 aromatic rings. The van der Waals surface area contributed by atoms with Crippen LogP contribution >= 0.6 is 15.9 Å². The van der Waals surface area contributed by atoms with Gasteiger partial charge in [-0.1, -0.05) is 15.9 Å². The van der Waals surface area contributed by atoms with E-state index in [2.05, 4.69) is 21.2 Å². The summed E-state index contributed by atoms with van der Waals surface area (Å²) >= 11 is 3.34. The first-order valence-corrected chi connectivity index (χ1v) is 8.47. The number of carbonyl (C=O) groups excluding carboxylic acids is 2. The number of rotatable bonds is 3. The smallest absolute Gasteiger partial charge is 0.233 e. The van der Waals surface area contributed by atoms with Gasteiger partial charge in [0.15, 0.2) is 5.79 Å². The lowest BCUT2D eigenvalue weighted by atomic mass is 10.0. The monoisotopic (exact) mass is 382 g/mol. The van der Waals surface area contributed by atoms with Gasteiger partial charge in [-0.05, 0) is 24.3 Å². The van der Waals surface area contributed by atoms with Crippen LogP contribution in [0.5, 0.6) is 0 Å². The average molecular weight is 383 g/mol. The second-order valence-corrected chi connectivity index (χ2v) is 6.64. The molecule has 0 saturated carbocycles. The van der Waals surface area contributed by atoms with Crippen molar-refractivity contribution in [2.45, 2.75) is 25.0 Å². The van der Waals surface area contributed by atoms with Gasteiger partial charge >= 0.3 is 0 Å². The number of nitrogens with zero attached hydrogens (tertiary/aromatic N) is 1. The lowest BCUT2D eigenvalue weighted by Gasteiger charge is -2.37. The molecule has 2 amide bonds. The van der Waals surface area contributed by atoms with Gasteiger partial charge in [-0.25, -0.2) is 0 Å². The van der Waals surface area contributed by atoms with E-state index in [0.29, 0.717) is 44.8 Å². The first-order valence-electron chi connectivity index (χ1n) is 7.67. The lowest BCUT2D eigenvalue weighted by Crippen LogP contribution is -2.47. The molecule has 0 aliphatic carbocycles. The Labute approximate surface area is 143 Å². The maximum absolute atomic E-state index is 12.2. The van der Waals surface area contributed by atoms with E-state index in [0.717, 1.165) is 4.47 Å². The Balaban J connectivity index is 1.47. The van der Waals surface area contributed by atoms with Crippen molar-refractivity contribution < 1.29 is 19.1 Å². The number of hydrogen-bond acceptors (Lipinski definition) is 4. The fourth-order valence-electron chi connectivity index (χ4n) is 2.87. The van der Waals surface area contributed by atoms with Crippen LogP contribution in [0, 0.1) is 0 Å². The van der Waals surface area contributed by atoms with Gasteiger partial charge in [0.25, 0.3) is 0 Å². The lowest BCUT2D eigenvalue weighted by molar-refractivity contribution is -0.187. The number of nitrogens with one attached hydrogen (secondary N) is 1. The molecule has 0 aromatic heterocycles. The Hall–Kier alpha value is -1.44. The highest BCUT2D eigenvalue weighted by Gasteiger charge is 2.40. The normalized spacial score (nSPS) is 19.8. The molecule has 0 radical (unpaired) electrons. The molecule has 2 heterocycles. The molecule has 0 bridgehead atoms. The topological polar surface area (TPSA) is 67.9 Å². The molecule has 124 valence electrons. The molecule has 6 nitrogen and oxygen atoms in total. The Kier molecular flexibility index (Phi) is 4.99. The molecule has 7 heteroatoms. The van der Waals surface area contributed by atoms with Crippen molar-refractivity contribution in [1.29, 1.82) is 0 Å². The third-order valence-electron chi connectivity index (χ3n) is 4.13. The molecule has 1 spiro atoms. The Morgan fingerprint density at radius 2 is 1.74 bits per heavy atom. The SMILES string of the molecule is O=C(CC(=O)N1CCC2(CC1)OCCO2)Nc1ccc(Br)cc1. The first-order chi connectivity index (χ1) is 11.1. The van der Waals surface area contributed by atoms with Gasteiger partial charge in [-0.2, -0.15) is 0 Å². The standard InChI is InChI=1S/C16H19BrN2O4/c17-12-1-3-13(4-2-12)18-14(20)11-15(21)19-7-5-16(6-8-19)22-9-10-23-16/h1-4H,5-11H2,(H,18,20). The summed E-state index contributed by atoms with van der Waals surface area (Å²) in [7, 11) is 0. The van der Waals surface area contributed by atoms with Crippen LogP contribution in [0.2, 0.25) is 0 Å². The highest BCUT2D eigenvalue weighted by molar-refractivity contribution is 9.10. The van der Waals surface area contributed by atoms with Crippen LogP contribution in [0.15, 0.2) is 28.7 Å². The van der Waals surface area contributed by atoms with Gasteiger partial charge in [0.05, 0.1) is 13.2 Å². The van der Waals surface area contributed by atoms with E-state index >= 15 is 0 Å². The Bertz CT molecular complexity index is 574. The number of anilines is 1. The van der Waals surface area contributed by atoms with Crippen LogP contribution in [-0.4, -0.2) is 48.8 Å². The average Bonchev–Trinajstić information content (AvgIpc) is 2.98. The van der Waals surface area contributed by atoms with Crippen molar-refractivity contribution >= 4 is 33.4 Å². The van der Waals surface area contributed by atoms with Crippen LogP contribution in [0.3, 0.4) is 0 Å². The predicted molar refractivity (Wildman–Crippen MR) is 87.8 cm³/mol. The van der Waals surface area contributed by atoms with Crippen molar-refractivity contribution in [1.82, 2.24) is 4.90 Å². The minimum atomic E-state index is -0.504. The van der Waals surface area contributed by atoms with Crippen molar-refractivity contribution in [3.63, 3.8) is 0 Å². The third kappa shape index (κ3) is 4.10. The van der Waals surface area contributed by atoms with Gasteiger partial charge in [0.1, 0.15) is 6.42 Å². The van der Waals surface area contributed by atoms with E-state index in [1.165, 1.54) is 0 Å². The van der Waals surface area contributed by atoms with Crippen LogP contribution in [0.1, 0.15) is 19.3 Å². The van der Waals surface area contributed by atoms with E-state index in [1.54, 1.807) is 17.0 Å². The van der Waals surface area contributed by atoms with Crippen LogP contribution < -0.4 is 5.32 Å². The zero-order chi connectivity index (χ0) is 16.3. The predicted octanol–water partition coefficient (Wildman–Crippen LogP) is 2.14. The fourth-order valence-corrected chi connectivity index (χ4v) is 3.13. The number of hydrogen-bond donors (Lipinski definition) is 1. The number of likely N-dealkylation sites (tertiary alicyclic amines) is 1. The molecule has 2 saturated heterocycles. The van der Waals surface area contributed by atoms with E-state index in [1.807, 2.05) is 12.1 Å². The fraction of sp³-hybridized carbons (Fsp3) is 0.500. The second kappa shape index (κ2) is 6.98. The summed E-state index contributed by atoms with van der Waals surface area (Å²) in [6.07, 6.45) is 1.17. The number of piperidine rings is 1. The summed E-state index contributed by atoms with van der Waals surface area (Å²) < 4.78 is 12.2. The molecular formula is C16H19BrN2O4.